The number of rotatable bonds is 1. The van der Waals surface area contributed by atoms with Gasteiger partial charge < -0.3 is 4.98 Å². The Kier molecular flexibility index (Phi) is 2.61. The van der Waals surface area contributed by atoms with E-state index in [9.17, 15) is 4.79 Å². The highest BCUT2D eigenvalue weighted by atomic mass is 79.9. The molecule has 0 amide bonds. The van der Waals surface area contributed by atoms with Gasteiger partial charge in [-0.25, -0.2) is 0 Å². The van der Waals surface area contributed by atoms with Gasteiger partial charge in [0.05, 0.1) is 10.5 Å². The van der Waals surface area contributed by atoms with Crippen LogP contribution in [0.2, 0.25) is 5.02 Å². The van der Waals surface area contributed by atoms with Crippen molar-refractivity contribution in [3.8, 4) is 0 Å². The molecule has 1 aromatic carbocycles. The quantitative estimate of drug-likeness (QED) is 0.795. The highest BCUT2D eigenvalue weighted by Gasteiger charge is 2.04. The number of alkyl halides is 1. The largest absolute Gasteiger partial charge is 0.321 e. The first-order chi connectivity index (χ1) is 6.72. The van der Waals surface area contributed by atoms with Gasteiger partial charge in [-0.2, -0.15) is 0 Å². The Balaban J connectivity index is 2.94. The van der Waals surface area contributed by atoms with E-state index in [1.165, 1.54) is 0 Å². The van der Waals surface area contributed by atoms with Crippen molar-refractivity contribution in [1.29, 1.82) is 0 Å². The number of nitrogens with one attached hydrogen (secondary N) is 1. The minimum Gasteiger partial charge on any atom is -0.321 e. The number of pyridine rings is 1. The molecule has 0 aliphatic carbocycles. The topological polar surface area (TPSA) is 32.9 Å². The van der Waals surface area contributed by atoms with Crippen molar-refractivity contribution < 1.29 is 0 Å². The third kappa shape index (κ3) is 1.57. The van der Waals surface area contributed by atoms with Gasteiger partial charge in [0.2, 0.25) is 5.56 Å². The zero-order valence-electron chi connectivity index (χ0n) is 7.18. The molecule has 0 radical (unpaired) electrons. The summed E-state index contributed by atoms with van der Waals surface area (Å²) >= 11 is 9.31. The lowest BCUT2D eigenvalue weighted by atomic mass is 10.1. The number of aromatic amines is 1. The van der Waals surface area contributed by atoms with Crippen LogP contribution in [0, 0.1) is 0 Å². The third-order valence-corrected chi connectivity index (χ3v) is 2.98. The van der Waals surface area contributed by atoms with Crippen molar-refractivity contribution in [2.75, 3.05) is 0 Å². The molecule has 4 heteroatoms. The van der Waals surface area contributed by atoms with E-state index in [4.69, 9.17) is 11.6 Å². The van der Waals surface area contributed by atoms with Crippen molar-refractivity contribution in [1.82, 2.24) is 4.98 Å². The van der Waals surface area contributed by atoms with Crippen LogP contribution in [0.3, 0.4) is 0 Å². The Morgan fingerprint density at radius 1 is 1.43 bits per heavy atom. The molecule has 0 atom stereocenters. The smallest absolute Gasteiger partial charge is 0.248 e. The number of halogens is 2. The molecule has 0 unspecified atom stereocenters. The zero-order chi connectivity index (χ0) is 10.1. The molecule has 0 saturated heterocycles. The first-order valence-electron chi connectivity index (χ1n) is 4.09. The normalized spacial score (nSPS) is 10.7. The molecule has 0 aliphatic rings. The molecule has 72 valence electrons. The molecule has 0 bridgehead atoms. The van der Waals surface area contributed by atoms with Crippen LogP contribution in [0.4, 0.5) is 0 Å². The molecule has 14 heavy (non-hydrogen) atoms. The first kappa shape index (κ1) is 9.74. The number of hydrogen-bond donors (Lipinski definition) is 1. The van der Waals surface area contributed by atoms with Gasteiger partial charge in [0.1, 0.15) is 0 Å². The van der Waals surface area contributed by atoms with E-state index in [-0.39, 0.29) is 5.56 Å². The van der Waals surface area contributed by atoms with Gasteiger partial charge in [-0.1, -0.05) is 39.7 Å². The zero-order valence-corrected chi connectivity index (χ0v) is 9.52. The first-order valence-corrected chi connectivity index (χ1v) is 5.58. The van der Waals surface area contributed by atoms with Crippen molar-refractivity contribution in [3.63, 3.8) is 0 Å². The van der Waals surface area contributed by atoms with Crippen molar-refractivity contribution in [2.45, 2.75) is 5.33 Å². The number of H-pyrrole nitrogens is 1. The summed E-state index contributed by atoms with van der Waals surface area (Å²) in [6.07, 6.45) is 0. The second-order valence-electron chi connectivity index (χ2n) is 2.95. The molecule has 1 aromatic heterocycles. The van der Waals surface area contributed by atoms with Crippen LogP contribution < -0.4 is 5.56 Å². The van der Waals surface area contributed by atoms with E-state index in [1.54, 1.807) is 12.1 Å². The average Bonchev–Trinajstić information content (AvgIpc) is 2.18. The second-order valence-corrected chi connectivity index (χ2v) is 3.92. The number of para-hydroxylation sites is 1. The maximum absolute atomic E-state index is 11.3. The average molecular weight is 273 g/mol. The van der Waals surface area contributed by atoms with E-state index < -0.39 is 0 Å². The monoisotopic (exact) mass is 271 g/mol. The van der Waals surface area contributed by atoms with E-state index in [1.807, 2.05) is 12.1 Å². The fraction of sp³-hybridized carbons (Fsp3) is 0.100. The summed E-state index contributed by atoms with van der Waals surface area (Å²) in [5.41, 5.74) is 1.53. The number of hydrogen-bond acceptors (Lipinski definition) is 1. The summed E-state index contributed by atoms with van der Waals surface area (Å²) in [6.45, 7) is 0. The Labute approximate surface area is 94.0 Å². The SMILES string of the molecule is O=c1cc(CBr)c2cccc(Cl)c2[nH]1. The fourth-order valence-corrected chi connectivity index (χ4v) is 2.11. The molecule has 0 aliphatic heterocycles. The predicted molar refractivity (Wildman–Crippen MR) is 62.2 cm³/mol. The maximum atomic E-state index is 11.3. The van der Waals surface area contributed by atoms with Gasteiger partial charge in [0.15, 0.2) is 0 Å². The van der Waals surface area contributed by atoms with Gasteiger partial charge in [-0.15, -0.1) is 0 Å². The maximum Gasteiger partial charge on any atom is 0.248 e. The molecule has 2 aromatic rings. The van der Waals surface area contributed by atoms with Crippen LogP contribution in [-0.2, 0) is 5.33 Å². The molecule has 2 nitrogen and oxygen atoms in total. The van der Waals surface area contributed by atoms with Crippen LogP contribution in [0.1, 0.15) is 5.56 Å². The molecule has 0 fully saturated rings. The minimum atomic E-state index is -0.125. The van der Waals surface area contributed by atoms with Gasteiger partial charge >= 0.3 is 0 Å². The van der Waals surface area contributed by atoms with Crippen molar-refractivity contribution >= 4 is 38.4 Å². The van der Waals surface area contributed by atoms with Gasteiger partial charge in [-0.05, 0) is 11.6 Å². The van der Waals surface area contributed by atoms with Crippen LogP contribution in [0.15, 0.2) is 29.1 Å². The Bertz CT molecular complexity index is 535. The van der Waals surface area contributed by atoms with Crippen molar-refractivity contribution in [2.24, 2.45) is 0 Å². The summed E-state index contributed by atoms with van der Waals surface area (Å²) in [4.78, 5) is 14.0. The fourth-order valence-electron chi connectivity index (χ4n) is 1.42. The van der Waals surface area contributed by atoms with Gasteiger partial charge in [0, 0.05) is 16.8 Å². The highest BCUT2D eigenvalue weighted by Crippen LogP contribution is 2.23. The molecule has 0 saturated carbocycles. The lowest BCUT2D eigenvalue weighted by Crippen LogP contribution is -2.05. The standard InChI is InChI=1S/C10H7BrClNO/c11-5-6-4-9(14)13-10-7(6)2-1-3-8(10)12/h1-4H,5H2,(H,13,14). The van der Waals surface area contributed by atoms with Crippen LogP contribution in [0.5, 0.6) is 0 Å². The second kappa shape index (κ2) is 3.75. The minimum absolute atomic E-state index is 0.125. The molecule has 1 heterocycles. The third-order valence-electron chi connectivity index (χ3n) is 2.06. The summed E-state index contributed by atoms with van der Waals surface area (Å²) in [5.74, 6) is 0. The lowest BCUT2D eigenvalue weighted by molar-refractivity contribution is 1.27. The molecule has 2 rings (SSSR count). The highest BCUT2D eigenvalue weighted by molar-refractivity contribution is 9.08. The number of aromatic nitrogens is 1. The molecule has 1 N–H and O–H groups in total. The summed E-state index contributed by atoms with van der Waals surface area (Å²) in [6, 6.07) is 7.15. The summed E-state index contributed by atoms with van der Waals surface area (Å²) in [5, 5.41) is 2.20. The summed E-state index contributed by atoms with van der Waals surface area (Å²) in [7, 11) is 0. The van der Waals surface area contributed by atoms with Crippen molar-refractivity contribution in [3.05, 3.63) is 45.2 Å². The predicted octanol–water partition coefficient (Wildman–Crippen LogP) is 3.08. The van der Waals surface area contributed by atoms with E-state index in [0.29, 0.717) is 15.9 Å². The van der Waals surface area contributed by atoms with Crippen LogP contribution >= 0.6 is 27.5 Å². The van der Waals surface area contributed by atoms with Crippen LogP contribution in [-0.4, -0.2) is 4.98 Å². The van der Waals surface area contributed by atoms with Gasteiger partial charge in [0.25, 0.3) is 0 Å². The van der Waals surface area contributed by atoms with E-state index in [2.05, 4.69) is 20.9 Å². The molecular formula is C10H7BrClNO. The summed E-state index contributed by atoms with van der Waals surface area (Å²) < 4.78 is 0. The Morgan fingerprint density at radius 2 is 2.21 bits per heavy atom. The number of benzene rings is 1. The van der Waals surface area contributed by atoms with Crippen LogP contribution in [0.25, 0.3) is 10.9 Å². The molecule has 0 spiro atoms. The Hall–Kier alpha value is -0.800. The van der Waals surface area contributed by atoms with E-state index >= 15 is 0 Å². The molecular weight excluding hydrogens is 265 g/mol. The number of fused-ring (bicyclic) bond motifs is 1. The van der Waals surface area contributed by atoms with Gasteiger partial charge in [-0.3, -0.25) is 4.79 Å². The van der Waals surface area contributed by atoms with E-state index in [0.717, 1.165) is 10.9 Å². The lowest BCUT2D eigenvalue weighted by Gasteiger charge is -2.03. The Morgan fingerprint density at radius 3 is 2.93 bits per heavy atom.